The third-order valence-corrected chi connectivity index (χ3v) is 4.21. The monoisotopic (exact) mass is 366 g/mol. The lowest BCUT2D eigenvalue weighted by Crippen LogP contribution is -2.09. The summed E-state index contributed by atoms with van der Waals surface area (Å²) in [6, 6.07) is 6.82. The highest BCUT2D eigenvalue weighted by Crippen LogP contribution is 2.25. The number of ether oxygens (including phenoxy) is 1. The van der Waals surface area contributed by atoms with Crippen LogP contribution in [0.1, 0.15) is 11.5 Å². The number of furan rings is 1. The number of nitro groups is 1. The molecule has 2 aromatic heterocycles. The third kappa shape index (κ3) is 5.95. The van der Waals surface area contributed by atoms with Gasteiger partial charge in [-0.15, -0.1) is 0 Å². The summed E-state index contributed by atoms with van der Waals surface area (Å²) in [4.78, 5) is 16.7. The summed E-state index contributed by atoms with van der Waals surface area (Å²) < 4.78 is 10.7. The second-order valence-electron chi connectivity index (χ2n) is 5.56. The van der Waals surface area contributed by atoms with Gasteiger partial charge in [-0.1, -0.05) is 0 Å². The summed E-state index contributed by atoms with van der Waals surface area (Å²) in [6.45, 7) is 1.33. The zero-order valence-electron chi connectivity index (χ0n) is 14.5. The molecule has 0 aromatic carbocycles. The van der Waals surface area contributed by atoms with Crippen molar-refractivity contribution >= 4 is 23.3 Å². The molecule has 136 valence electrons. The Balaban J connectivity index is 1.79. The highest BCUT2D eigenvalue weighted by molar-refractivity contribution is 7.98. The molecule has 0 atom stereocenters. The van der Waals surface area contributed by atoms with Gasteiger partial charge in [0.2, 0.25) is 11.7 Å². The van der Waals surface area contributed by atoms with Crippen molar-refractivity contribution in [2.24, 2.45) is 0 Å². The van der Waals surface area contributed by atoms with Crippen molar-refractivity contribution < 1.29 is 14.1 Å². The molecule has 0 aliphatic carbocycles. The number of hydrogen-bond donors (Lipinski definition) is 1. The van der Waals surface area contributed by atoms with E-state index >= 15 is 0 Å². The summed E-state index contributed by atoms with van der Waals surface area (Å²) in [5, 5.41) is 14.0. The zero-order chi connectivity index (χ0) is 18.2. The van der Waals surface area contributed by atoms with E-state index in [4.69, 9.17) is 9.15 Å². The second kappa shape index (κ2) is 9.28. The molecule has 8 nitrogen and oxygen atoms in total. The number of hydrogen-bond acceptors (Lipinski definition) is 8. The van der Waals surface area contributed by atoms with E-state index in [0.717, 1.165) is 29.6 Å². The fraction of sp³-hybridized carbons (Fsp3) is 0.438. The molecule has 0 fully saturated rings. The van der Waals surface area contributed by atoms with Crippen molar-refractivity contribution in [3.8, 4) is 5.88 Å². The Morgan fingerprint density at radius 2 is 2.08 bits per heavy atom. The van der Waals surface area contributed by atoms with E-state index in [9.17, 15) is 10.1 Å². The van der Waals surface area contributed by atoms with E-state index in [0.29, 0.717) is 12.4 Å². The molecule has 2 aromatic rings. The Kier molecular flexibility index (Phi) is 7.08. The molecular formula is C16H22N4O4S. The van der Waals surface area contributed by atoms with Crippen LogP contribution in [0.15, 0.2) is 28.7 Å². The normalized spacial score (nSPS) is 10.9. The van der Waals surface area contributed by atoms with Gasteiger partial charge in [-0.05, 0) is 26.2 Å². The Labute approximate surface area is 150 Å². The fourth-order valence-corrected chi connectivity index (χ4v) is 2.88. The smallest absolute Gasteiger partial charge is 0.311 e. The van der Waals surface area contributed by atoms with Crippen LogP contribution in [0.25, 0.3) is 0 Å². The largest absolute Gasteiger partial charge is 0.481 e. The van der Waals surface area contributed by atoms with Crippen LogP contribution in [0.3, 0.4) is 0 Å². The number of nitrogens with one attached hydrogen (secondary N) is 1. The number of aromatic nitrogens is 1. The highest BCUT2D eigenvalue weighted by atomic mass is 32.2. The SMILES string of the molecule is COc1ccc([N+](=O)[O-])c(NCCSCc2ccc(CN(C)C)o2)n1. The molecule has 0 spiro atoms. The first-order chi connectivity index (χ1) is 12.0. The third-order valence-electron chi connectivity index (χ3n) is 3.23. The van der Waals surface area contributed by atoms with Crippen molar-refractivity contribution in [1.29, 1.82) is 0 Å². The predicted molar refractivity (Wildman–Crippen MR) is 98.2 cm³/mol. The van der Waals surface area contributed by atoms with Crippen LogP contribution in [0, 0.1) is 10.1 Å². The van der Waals surface area contributed by atoms with Crippen LogP contribution in [0.4, 0.5) is 11.5 Å². The van der Waals surface area contributed by atoms with Gasteiger partial charge in [0.05, 0.1) is 24.3 Å². The van der Waals surface area contributed by atoms with Gasteiger partial charge >= 0.3 is 5.69 Å². The minimum Gasteiger partial charge on any atom is -0.481 e. The van der Waals surface area contributed by atoms with Crippen LogP contribution in [0.2, 0.25) is 0 Å². The van der Waals surface area contributed by atoms with Crippen molar-refractivity contribution in [3.63, 3.8) is 0 Å². The van der Waals surface area contributed by atoms with Gasteiger partial charge in [0.15, 0.2) is 0 Å². The molecule has 0 saturated heterocycles. The van der Waals surface area contributed by atoms with E-state index in [1.165, 1.54) is 19.2 Å². The average Bonchev–Trinajstić information content (AvgIpc) is 3.00. The Morgan fingerprint density at radius 1 is 1.32 bits per heavy atom. The summed E-state index contributed by atoms with van der Waals surface area (Å²) in [5.74, 6) is 3.94. The molecule has 1 N–H and O–H groups in total. The first kappa shape index (κ1) is 19.1. The minimum absolute atomic E-state index is 0.0647. The molecule has 0 bridgehead atoms. The molecule has 9 heteroatoms. The highest BCUT2D eigenvalue weighted by Gasteiger charge is 2.15. The molecule has 0 aliphatic heterocycles. The lowest BCUT2D eigenvalue weighted by Gasteiger charge is -2.07. The van der Waals surface area contributed by atoms with Crippen molar-refractivity contribution in [2.75, 3.05) is 38.8 Å². The molecule has 0 unspecified atom stereocenters. The summed E-state index contributed by atoms with van der Waals surface area (Å²) in [7, 11) is 5.46. The number of methoxy groups -OCH3 is 1. The molecule has 0 saturated carbocycles. The number of nitrogens with zero attached hydrogens (tertiary/aromatic N) is 3. The maximum Gasteiger partial charge on any atom is 0.311 e. The van der Waals surface area contributed by atoms with Gasteiger partial charge in [-0.25, -0.2) is 0 Å². The van der Waals surface area contributed by atoms with Gasteiger partial charge in [0.25, 0.3) is 0 Å². The summed E-state index contributed by atoms with van der Waals surface area (Å²) >= 11 is 1.68. The Bertz CT molecular complexity index is 705. The van der Waals surface area contributed by atoms with Gasteiger partial charge in [-0.2, -0.15) is 16.7 Å². The van der Waals surface area contributed by atoms with Crippen molar-refractivity contribution in [1.82, 2.24) is 9.88 Å². The van der Waals surface area contributed by atoms with Crippen LogP contribution >= 0.6 is 11.8 Å². The molecule has 0 radical (unpaired) electrons. The maximum atomic E-state index is 11.0. The van der Waals surface area contributed by atoms with Gasteiger partial charge < -0.3 is 19.4 Å². The van der Waals surface area contributed by atoms with E-state index in [1.807, 2.05) is 31.1 Å². The Morgan fingerprint density at radius 3 is 2.76 bits per heavy atom. The summed E-state index contributed by atoms with van der Waals surface area (Å²) in [6.07, 6.45) is 0. The molecular weight excluding hydrogens is 344 g/mol. The van der Waals surface area contributed by atoms with E-state index in [2.05, 4.69) is 10.3 Å². The molecule has 25 heavy (non-hydrogen) atoms. The van der Waals surface area contributed by atoms with Crippen molar-refractivity contribution in [3.05, 3.63) is 45.9 Å². The lowest BCUT2D eigenvalue weighted by atomic mass is 10.4. The minimum atomic E-state index is -0.461. The lowest BCUT2D eigenvalue weighted by molar-refractivity contribution is -0.384. The summed E-state index contributed by atoms with van der Waals surface area (Å²) in [5.41, 5.74) is -0.0647. The number of thioether (sulfide) groups is 1. The van der Waals surface area contributed by atoms with Crippen LogP contribution in [-0.2, 0) is 12.3 Å². The van der Waals surface area contributed by atoms with Gasteiger partial charge in [0.1, 0.15) is 11.5 Å². The average molecular weight is 366 g/mol. The fourth-order valence-electron chi connectivity index (χ4n) is 2.14. The van der Waals surface area contributed by atoms with E-state index in [-0.39, 0.29) is 11.5 Å². The van der Waals surface area contributed by atoms with Crippen molar-refractivity contribution in [2.45, 2.75) is 12.3 Å². The number of pyridine rings is 1. The van der Waals surface area contributed by atoms with E-state index < -0.39 is 4.92 Å². The predicted octanol–water partition coefficient (Wildman–Crippen LogP) is 3.00. The van der Waals surface area contributed by atoms with Gasteiger partial charge in [0, 0.05) is 24.4 Å². The zero-order valence-corrected chi connectivity index (χ0v) is 15.3. The quantitative estimate of drug-likeness (QED) is 0.390. The first-order valence-electron chi connectivity index (χ1n) is 7.73. The maximum absolute atomic E-state index is 11.0. The van der Waals surface area contributed by atoms with E-state index in [1.54, 1.807) is 11.8 Å². The molecule has 2 rings (SSSR count). The first-order valence-corrected chi connectivity index (χ1v) is 8.88. The molecule has 0 amide bonds. The molecule has 0 aliphatic rings. The van der Waals surface area contributed by atoms with Crippen LogP contribution < -0.4 is 10.1 Å². The number of anilines is 1. The Hall–Kier alpha value is -2.26. The molecule has 2 heterocycles. The standard InChI is InChI=1S/C16H22N4O4S/c1-19(2)10-12-4-5-13(24-12)11-25-9-8-17-16-14(20(21)22)6-7-15(18-16)23-3/h4-7H,8-11H2,1-3H3,(H,17,18). The van der Waals surface area contributed by atoms with Crippen LogP contribution in [-0.4, -0.2) is 48.3 Å². The van der Waals surface area contributed by atoms with Gasteiger partial charge in [-0.3, -0.25) is 10.1 Å². The number of rotatable bonds is 10. The topological polar surface area (TPSA) is 93.7 Å². The second-order valence-corrected chi connectivity index (χ2v) is 6.67. The van der Waals surface area contributed by atoms with Crippen LogP contribution in [0.5, 0.6) is 5.88 Å².